The Morgan fingerprint density at radius 3 is 2.08 bits per heavy atom. The third-order valence-corrected chi connectivity index (χ3v) is 5.07. The Labute approximate surface area is 152 Å². The standard InChI is InChI=1S/C22H28.CH2N2/c1-13(2)17-10-16-8-7-9-18-19(14(3)4)12-20(15(5)6)21(11-17)22(16)18;2-1-3/h7-15,19H,1-6H3;2-3H. The first-order chi connectivity index (χ1) is 11.8. The molecule has 0 aromatic heterocycles. The Balaban J connectivity index is 0.000000701. The van der Waals surface area contributed by atoms with Crippen LogP contribution in [0.15, 0.2) is 36.4 Å². The van der Waals surface area contributed by atoms with E-state index < -0.39 is 0 Å². The summed E-state index contributed by atoms with van der Waals surface area (Å²) >= 11 is 0. The van der Waals surface area contributed by atoms with Crippen molar-refractivity contribution in [3.05, 3.63) is 53.1 Å². The van der Waals surface area contributed by atoms with Crippen LogP contribution in [-0.2, 0) is 0 Å². The monoisotopic (exact) mass is 334 g/mol. The smallest absolute Gasteiger partial charge is 0.0831 e. The highest BCUT2D eigenvalue weighted by Gasteiger charge is 2.26. The van der Waals surface area contributed by atoms with Gasteiger partial charge in [-0.3, -0.25) is 0 Å². The summed E-state index contributed by atoms with van der Waals surface area (Å²) in [5.41, 5.74) is 5.98. The molecule has 2 aromatic carbocycles. The van der Waals surface area contributed by atoms with Gasteiger partial charge in [-0.1, -0.05) is 78.0 Å². The molecule has 2 aromatic rings. The molecule has 0 amide bonds. The Morgan fingerprint density at radius 1 is 0.920 bits per heavy atom. The highest BCUT2D eigenvalue weighted by Crippen LogP contribution is 2.44. The van der Waals surface area contributed by atoms with Crippen molar-refractivity contribution in [1.82, 2.24) is 0 Å². The van der Waals surface area contributed by atoms with Crippen molar-refractivity contribution in [1.29, 1.82) is 10.8 Å². The quantitative estimate of drug-likeness (QED) is 0.564. The van der Waals surface area contributed by atoms with Crippen molar-refractivity contribution in [2.24, 2.45) is 11.8 Å². The van der Waals surface area contributed by atoms with E-state index in [9.17, 15) is 0 Å². The van der Waals surface area contributed by atoms with Crippen molar-refractivity contribution in [2.75, 3.05) is 0 Å². The van der Waals surface area contributed by atoms with Gasteiger partial charge in [-0.15, -0.1) is 0 Å². The SMILES string of the molecule is CC(C)C1=CC(C(C)C)c2cccc3cc(C(C)C)cc1c23.N=C=N. The molecule has 0 saturated carbocycles. The molecule has 132 valence electrons. The third-order valence-electron chi connectivity index (χ3n) is 5.07. The van der Waals surface area contributed by atoms with Gasteiger partial charge < -0.3 is 0 Å². The molecule has 0 aliphatic heterocycles. The summed E-state index contributed by atoms with van der Waals surface area (Å²) in [4.78, 5) is 0. The molecule has 1 aliphatic rings. The average Bonchev–Trinajstić information content (AvgIpc) is 2.55. The van der Waals surface area contributed by atoms with E-state index in [1.54, 1.807) is 0 Å². The van der Waals surface area contributed by atoms with E-state index in [-0.39, 0.29) is 0 Å². The molecule has 2 heteroatoms. The molecule has 0 bridgehead atoms. The number of hydrogen-bond donors (Lipinski definition) is 2. The summed E-state index contributed by atoms with van der Waals surface area (Å²) in [6, 6.07) is 12.9. The molecule has 2 N–H and O–H groups in total. The highest BCUT2D eigenvalue weighted by atomic mass is 14.4. The number of rotatable bonds is 3. The van der Waals surface area contributed by atoms with E-state index in [1.807, 2.05) is 0 Å². The summed E-state index contributed by atoms with van der Waals surface area (Å²) < 4.78 is 0. The van der Waals surface area contributed by atoms with Gasteiger partial charge >= 0.3 is 0 Å². The second-order valence-corrected chi connectivity index (χ2v) is 7.84. The summed E-state index contributed by atoms with van der Waals surface area (Å²) in [6.07, 6.45) is 2.54. The summed E-state index contributed by atoms with van der Waals surface area (Å²) in [5, 5.41) is 14.2. The van der Waals surface area contributed by atoms with Gasteiger partial charge in [0, 0.05) is 5.92 Å². The lowest BCUT2D eigenvalue weighted by atomic mass is 9.74. The Morgan fingerprint density at radius 2 is 1.56 bits per heavy atom. The van der Waals surface area contributed by atoms with Gasteiger partial charge in [0.2, 0.25) is 0 Å². The molecular formula is C23H30N2. The second kappa shape index (κ2) is 7.80. The average molecular weight is 335 g/mol. The summed E-state index contributed by atoms with van der Waals surface area (Å²) in [5.74, 6) is 2.32. The van der Waals surface area contributed by atoms with E-state index in [4.69, 9.17) is 10.8 Å². The number of benzene rings is 2. The van der Waals surface area contributed by atoms with Crippen LogP contribution in [0.4, 0.5) is 0 Å². The van der Waals surface area contributed by atoms with Crippen LogP contribution < -0.4 is 0 Å². The van der Waals surface area contributed by atoms with Crippen molar-refractivity contribution in [3.63, 3.8) is 0 Å². The van der Waals surface area contributed by atoms with E-state index in [0.29, 0.717) is 23.7 Å². The molecule has 1 unspecified atom stereocenters. The third kappa shape index (κ3) is 3.75. The van der Waals surface area contributed by atoms with E-state index in [2.05, 4.69) is 78.0 Å². The van der Waals surface area contributed by atoms with Gasteiger partial charge in [-0.25, -0.2) is 10.8 Å². The largest absolute Gasteiger partial charge is 0.242 e. The van der Waals surface area contributed by atoms with E-state index in [0.717, 1.165) is 0 Å². The zero-order chi connectivity index (χ0) is 18.7. The lowest BCUT2D eigenvalue weighted by Crippen LogP contribution is -2.12. The summed E-state index contributed by atoms with van der Waals surface area (Å²) in [7, 11) is 0. The van der Waals surface area contributed by atoms with Crippen LogP contribution in [0, 0.1) is 22.7 Å². The first-order valence-electron chi connectivity index (χ1n) is 9.18. The Hall–Kier alpha value is -2.18. The predicted molar refractivity (Wildman–Crippen MR) is 109 cm³/mol. The number of nitrogens with one attached hydrogen (secondary N) is 2. The minimum Gasteiger partial charge on any atom is -0.242 e. The van der Waals surface area contributed by atoms with Crippen LogP contribution in [-0.4, -0.2) is 6.01 Å². The predicted octanol–water partition coefficient (Wildman–Crippen LogP) is 7.07. The van der Waals surface area contributed by atoms with Gasteiger partial charge in [0.1, 0.15) is 0 Å². The van der Waals surface area contributed by atoms with Crippen molar-refractivity contribution in [2.45, 2.75) is 53.4 Å². The number of allylic oxidation sites excluding steroid dienone is 2. The molecule has 0 radical (unpaired) electrons. The van der Waals surface area contributed by atoms with E-state index in [1.165, 1.54) is 39.0 Å². The fourth-order valence-electron chi connectivity index (χ4n) is 3.75. The van der Waals surface area contributed by atoms with Crippen LogP contribution in [0.5, 0.6) is 0 Å². The maximum absolute atomic E-state index is 5.62. The Kier molecular flexibility index (Phi) is 5.98. The van der Waals surface area contributed by atoms with Crippen LogP contribution in [0.1, 0.15) is 70.1 Å². The molecule has 1 atom stereocenters. The molecule has 0 heterocycles. The highest BCUT2D eigenvalue weighted by molar-refractivity contribution is 5.99. The van der Waals surface area contributed by atoms with Crippen molar-refractivity contribution < 1.29 is 0 Å². The van der Waals surface area contributed by atoms with Crippen LogP contribution >= 0.6 is 0 Å². The minimum absolute atomic E-state index is 0.540. The zero-order valence-corrected chi connectivity index (χ0v) is 16.3. The van der Waals surface area contributed by atoms with E-state index >= 15 is 0 Å². The molecular weight excluding hydrogens is 304 g/mol. The fourth-order valence-corrected chi connectivity index (χ4v) is 3.75. The van der Waals surface area contributed by atoms with Gasteiger partial charge in [-0.2, -0.15) is 0 Å². The van der Waals surface area contributed by atoms with Crippen molar-refractivity contribution in [3.8, 4) is 0 Å². The van der Waals surface area contributed by atoms with Gasteiger partial charge in [0.15, 0.2) is 0 Å². The van der Waals surface area contributed by atoms with Crippen LogP contribution in [0.25, 0.3) is 16.3 Å². The maximum Gasteiger partial charge on any atom is 0.0831 e. The van der Waals surface area contributed by atoms with Crippen molar-refractivity contribution >= 4 is 22.4 Å². The fraction of sp³-hybridized carbons (Fsp3) is 0.435. The Bertz CT molecular complexity index is 819. The molecule has 25 heavy (non-hydrogen) atoms. The minimum atomic E-state index is 0.540. The topological polar surface area (TPSA) is 47.7 Å². The van der Waals surface area contributed by atoms with Crippen LogP contribution in [0.2, 0.25) is 0 Å². The van der Waals surface area contributed by atoms with Gasteiger partial charge in [-0.05, 0) is 50.8 Å². The molecule has 2 nitrogen and oxygen atoms in total. The van der Waals surface area contributed by atoms with Crippen LogP contribution in [0.3, 0.4) is 0 Å². The first kappa shape index (κ1) is 19.1. The molecule has 1 aliphatic carbocycles. The van der Waals surface area contributed by atoms with Gasteiger partial charge in [0.25, 0.3) is 0 Å². The first-order valence-corrected chi connectivity index (χ1v) is 9.18. The normalized spacial score (nSPS) is 15.9. The molecule has 3 rings (SSSR count). The lowest BCUT2D eigenvalue weighted by Gasteiger charge is -2.30. The van der Waals surface area contributed by atoms with Gasteiger partial charge in [0.05, 0.1) is 6.01 Å². The summed E-state index contributed by atoms with van der Waals surface area (Å²) in [6.45, 7) is 13.9. The number of hydrogen-bond acceptors (Lipinski definition) is 2. The molecule has 0 saturated heterocycles. The molecule has 0 fully saturated rings. The zero-order valence-electron chi connectivity index (χ0n) is 16.3. The molecule has 0 spiro atoms. The lowest BCUT2D eigenvalue weighted by molar-refractivity contribution is 0.577. The maximum atomic E-state index is 5.62. The second-order valence-electron chi connectivity index (χ2n) is 7.84.